The van der Waals surface area contributed by atoms with Crippen LogP contribution in [0.2, 0.25) is 0 Å². The minimum absolute atomic E-state index is 0.455. The normalized spacial score (nSPS) is 13.6. The van der Waals surface area contributed by atoms with E-state index in [1.807, 2.05) is 30.8 Å². The Morgan fingerprint density at radius 3 is 2.71 bits per heavy atom. The first-order valence-electron chi connectivity index (χ1n) is 9.86. The molecule has 0 atom stereocenters. The summed E-state index contributed by atoms with van der Waals surface area (Å²) in [5, 5.41) is 3.48. The van der Waals surface area contributed by atoms with Crippen molar-refractivity contribution in [1.29, 1.82) is 0 Å². The molecule has 3 aromatic rings. The number of nitrogens with one attached hydrogen (secondary N) is 1. The highest BCUT2D eigenvalue weighted by Gasteiger charge is 2.13. The Kier molecular flexibility index (Phi) is 5.73. The molecule has 1 aliphatic rings. The number of pyridine rings is 1. The Bertz CT molecular complexity index is 965. The molecule has 1 aliphatic heterocycles. The average Bonchev–Trinajstić information content (AvgIpc) is 2.97. The van der Waals surface area contributed by atoms with Crippen molar-refractivity contribution < 1.29 is 4.74 Å². The fraction of sp³-hybridized carbons (Fsp3) is 0.240. The number of hydrogen-bond donors (Lipinski definition) is 1. The first-order valence-corrected chi connectivity index (χ1v) is 9.86. The summed E-state index contributed by atoms with van der Waals surface area (Å²) < 4.78 is 6.19. The molecule has 142 valence electrons. The van der Waals surface area contributed by atoms with Crippen molar-refractivity contribution in [2.24, 2.45) is 0 Å². The lowest BCUT2D eigenvalue weighted by Crippen LogP contribution is -2.16. The van der Waals surface area contributed by atoms with Gasteiger partial charge in [0.1, 0.15) is 12.4 Å². The average molecular weight is 370 g/mol. The number of hydrogen-bond acceptors (Lipinski definition) is 3. The molecule has 2 radical (unpaired) electrons. The van der Waals surface area contributed by atoms with Crippen molar-refractivity contribution in [3.8, 4) is 16.9 Å². The first-order chi connectivity index (χ1) is 13.7. The maximum Gasteiger partial charge on any atom is 0.130 e. The highest BCUT2D eigenvalue weighted by Crippen LogP contribution is 2.33. The number of aryl methyl sites for hydroxylation is 1. The lowest BCUT2D eigenvalue weighted by Gasteiger charge is -2.15. The summed E-state index contributed by atoms with van der Waals surface area (Å²) in [7, 11) is 0. The predicted molar refractivity (Wildman–Crippen MR) is 114 cm³/mol. The Labute approximate surface area is 167 Å². The second-order valence-corrected chi connectivity index (χ2v) is 7.31. The molecular weight excluding hydrogens is 344 g/mol. The molecule has 4 rings (SSSR count). The van der Waals surface area contributed by atoms with Gasteiger partial charge in [0.05, 0.1) is 5.69 Å². The lowest BCUT2D eigenvalue weighted by atomic mass is 9.95. The van der Waals surface area contributed by atoms with Crippen LogP contribution < -0.4 is 10.1 Å². The van der Waals surface area contributed by atoms with Crippen LogP contribution in [0.3, 0.4) is 0 Å². The summed E-state index contributed by atoms with van der Waals surface area (Å²) in [6, 6.07) is 17.1. The van der Waals surface area contributed by atoms with E-state index in [4.69, 9.17) is 4.74 Å². The molecule has 0 bridgehead atoms. The molecule has 0 unspecified atom stereocenters. The van der Waals surface area contributed by atoms with Crippen LogP contribution in [0.15, 0.2) is 54.7 Å². The van der Waals surface area contributed by atoms with Gasteiger partial charge in [-0.25, -0.2) is 0 Å². The monoisotopic (exact) mass is 370 g/mol. The summed E-state index contributed by atoms with van der Waals surface area (Å²) in [5.74, 6) is 0.876. The standard InChI is InChI=1S/C25H26N2O/c1-3-19-4-7-25(28-17-23-14-18(2)8-13-27-23)24(15-19)22-6-5-20-9-11-26-12-10-21(20)16-22/h3-8,13-16,26H,1,9-12,17H2,2H3. The molecule has 1 N–H and O–H groups in total. The van der Waals surface area contributed by atoms with E-state index in [1.54, 1.807) is 0 Å². The summed E-state index contributed by atoms with van der Waals surface area (Å²) in [5.41, 5.74) is 8.38. The van der Waals surface area contributed by atoms with Crippen molar-refractivity contribution >= 4 is 0 Å². The molecule has 3 heteroatoms. The highest BCUT2D eigenvalue weighted by atomic mass is 16.5. The minimum atomic E-state index is 0.455. The second kappa shape index (κ2) is 8.57. The van der Waals surface area contributed by atoms with Gasteiger partial charge in [0.15, 0.2) is 0 Å². The number of aromatic nitrogens is 1. The van der Waals surface area contributed by atoms with E-state index >= 15 is 0 Å². The molecule has 0 saturated carbocycles. The van der Waals surface area contributed by atoms with E-state index in [-0.39, 0.29) is 0 Å². The van der Waals surface area contributed by atoms with Crippen LogP contribution in [-0.4, -0.2) is 18.1 Å². The van der Waals surface area contributed by atoms with Gasteiger partial charge in [0.2, 0.25) is 0 Å². The van der Waals surface area contributed by atoms with E-state index in [0.29, 0.717) is 6.61 Å². The molecule has 1 aromatic heterocycles. The third-order valence-corrected chi connectivity index (χ3v) is 5.25. The third-order valence-electron chi connectivity index (χ3n) is 5.25. The number of rotatable bonds is 5. The van der Waals surface area contributed by atoms with Crippen LogP contribution in [0.25, 0.3) is 11.1 Å². The van der Waals surface area contributed by atoms with Gasteiger partial charge in [-0.1, -0.05) is 24.3 Å². The van der Waals surface area contributed by atoms with Crippen LogP contribution >= 0.6 is 0 Å². The highest BCUT2D eigenvalue weighted by molar-refractivity contribution is 5.72. The Morgan fingerprint density at radius 1 is 1.04 bits per heavy atom. The van der Waals surface area contributed by atoms with E-state index < -0.39 is 0 Å². The number of nitrogens with zero attached hydrogens (tertiary/aromatic N) is 1. The Balaban J connectivity index is 1.66. The van der Waals surface area contributed by atoms with Gasteiger partial charge in [-0.15, -0.1) is 0 Å². The maximum atomic E-state index is 6.19. The van der Waals surface area contributed by atoms with Gasteiger partial charge in [0, 0.05) is 11.8 Å². The van der Waals surface area contributed by atoms with Gasteiger partial charge >= 0.3 is 0 Å². The predicted octanol–water partition coefficient (Wildman–Crippen LogP) is 4.71. The quantitative estimate of drug-likeness (QED) is 0.706. The molecule has 3 nitrogen and oxygen atoms in total. The molecule has 0 spiro atoms. The van der Waals surface area contributed by atoms with Gasteiger partial charge in [-0.05, 0) is 98.3 Å². The SMILES string of the molecule is [CH2][CH]c1ccc(OCc2cc(C)ccn2)c(-c2ccc3c(c2)CCNCC3)c1. The van der Waals surface area contributed by atoms with E-state index in [1.165, 1.54) is 22.3 Å². The fourth-order valence-electron chi connectivity index (χ4n) is 3.70. The van der Waals surface area contributed by atoms with Crippen molar-refractivity contribution in [3.63, 3.8) is 0 Å². The Morgan fingerprint density at radius 2 is 1.89 bits per heavy atom. The molecule has 0 fully saturated rings. The maximum absolute atomic E-state index is 6.19. The van der Waals surface area contributed by atoms with Crippen LogP contribution in [0.4, 0.5) is 0 Å². The van der Waals surface area contributed by atoms with Gasteiger partial charge < -0.3 is 10.1 Å². The van der Waals surface area contributed by atoms with Gasteiger partial charge in [-0.3, -0.25) is 4.98 Å². The van der Waals surface area contributed by atoms with Crippen molar-refractivity contribution in [2.45, 2.75) is 26.4 Å². The fourth-order valence-corrected chi connectivity index (χ4v) is 3.70. The van der Waals surface area contributed by atoms with Crippen LogP contribution in [0.1, 0.15) is 27.9 Å². The van der Waals surface area contributed by atoms with Crippen molar-refractivity contribution in [2.75, 3.05) is 13.1 Å². The summed E-state index contributed by atoms with van der Waals surface area (Å²) in [4.78, 5) is 4.41. The molecule has 0 saturated heterocycles. The zero-order valence-corrected chi connectivity index (χ0v) is 16.4. The second-order valence-electron chi connectivity index (χ2n) is 7.31. The van der Waals surface area contributed by atoms with Crippen molar-refractivity contribution in [1.82, 2.24) is 10.3 Å². The van der Waals surface area contributed by atoms with Gasteiger partial charge in [-0.2, -0.15) is 0 Å². The van der Waals surface area contributed by atoms with Crippen LogP contribution in [0.5, 0.6) is 5.75 Å². The zero-order valence-electron chi connectivity index (χ0n) is 16.4. The summed E-state index contributed by atoms with van der Waals surface area (Å²) in [6.45, 7) is 8.53. The van der Waals surface area contributed by atoms with Gasteiger partial charge in [0.25, 0.3) is 0 Å². The van der Waals surface area contributed by atoms with Crippen LogP contribution in [0, 0.1) is 20.3 Å². The molecule has 2 aromatic carbocycles. The zero-order chi connectivity index (χ0) is 19.3. The van der Waals surface area contributed by atoms with Crippen molar-refractivity contribution in [3.05, 3.63) is 96.0 Å². The molecule has 0 aliphatic carbocycles. The number of benzene rings is 2. The summed E-state index contributed by atoms with van der Waals surface area (Å²) >= 11 is 0. The van der Waals surface area contributed by atoms with E-state index in [9.17, 15) is 0 Å². The first kappa shape index (κ1) is 18.7. The van der Waals surface area contributed by atoms with E-state index in [2.05, 4.69) is 54.5 Å². The molecular formula is C25H26N2O. The van der Waals surface area contributed by atoms with Crippen LogP contribution in [-0.2, 0) is 19.4 Å². The topological polar surface area (TPSA) is 34.1 Å². The minimum Gasteiger partial charge on any atom is -0.487 e. The molecule has 2 heterocycles. The lowest BCUT2D eigenvalue weighted by molar-refractivity contribution is 0.302. The molecule has 0 amide bonds. The largest absolute Gasteiger partial charge is 0.487 e. The summed E-state index contributed by atoms with van der Waals surface area (Å²) in [6.07, 6.45) is 5.86. The van der Waals surface area contributed by atoms with E-state index in [0.717, 1.165) is 48.5 Å². The third kappa shape index (κ3) is 4.26. The molecule has 28 heavy (non-hydrogen) atoms. The Hall–Kier alpha value is -2.65. The number of ether oxygens (including phenoxy) is 1. The number of fused-ring (bicyclic) bond motifs is 1. The smallest absolute Gasteiger partial charge is 0.130 e.